The predicted molar refractivity (Wildman–Crippen MR) is 62.4 cm³/mol. The number of nitrogens with one attached hydrogen (secondary N) is 1. The minimum Gasteiger partial charge on any atom is -0.453 e. The highest BCUT2D eigenvalue weighted by Gasteiger charge is 2.06. The van der Waals surface area contributed by atoms with Crippen molar-refractivity contribution in [2.75, 3.05) is 0 Å². The average molecular weight is 229 g/mol. The summed E-state index contributed by atoms with van der Waals surface area (Å²) in [6.45, 7) is 0. The molecule has 5 heteroatoms. The average Bonchev–Trinajstić information content (AvgIpc) is 2.82. The van der Waals surface area contributed by atoms with Crippen LogP contribution in [0.15, 0.2) is 41.1 Å². The minimum absolute atomic E-state index is 0.580. The zero-order chi connectivity index (χ0) is 11.0. The molecule has 0 atom stereocenters. The van der Waals surface area contributed by atoms with Crippen molar-refractivity contribution in [3.05, 3.63) is 41.2 Å². The van der Waals surface area contributed by atoms with E-state index in [0.29, 0.717) is 11.6 Å². The summed E-state index contributed by atoms with van der Waals surface area (Å²) in [5.74, 6) is 1.18. The summed E-state index contributed by atoms with van der Waals surface area (Å²) in [7, 11) is 0. The Labute approximate surface area is 96.0 Å². The lowest BCUT2D eigenvalue weighted by Crippen LogP contribution is -1.82. The molecule has 0 unspecified atom stereocenters. The summed E-state index contributed by atoms with van der Waals surface area (Å²) in [5, 5.41) is 7.45. The molecule has 0 saturated heterocycles. The fourth-order valence-corrected chi connectivity index (χ4v) is 1.82. The second kappa shape index (κ2) is 3.53. The van der Waals surface area contributed by atoms with Crippen LogP contribution >= 0.6 is 12.2 Å². The molecule has 3 aromatic rings. The van der Waals surface area contributed by atoms with Gasteiger partial charge in [0.2, 0.25) is 0 Å². The van der Waals surface area contributed by atoms with Crippen LogP contribution in [0.1, 0.15) is 0 Å². The zero-order valence-corrected chi connectivity index (χ0v) is 8.99. The van der Waals surface area contributed by atoms with Gasteiger partial charge in [-0.15, -0.1) is 0 Å². The van der Waals surface area contributed by atoms with E-state index in [1.807, 2.05) is 24.3 Å². The molecule has 2 heterocycles. The maximum atomic E-state index is 5.69. The van der Waals surface area contributed by atoms with Crippen LogP contribution in [-0.2, 0) is 0 Å². The SMILES string of the molecule is S=c1cc(-c2ncn[nH]2)oc2ccccc12. The number of H-pyrrole nitrogens is 1. The van der Waals surface area contributed by atoms with Crippen molar-refractivity contribution < 1.29 is 4.42 Å². The van der Waals surface area contributed by atoms with E-state index in [1.165, 1.54) is 6.33 Å². The third kappa shape index (κ3) is 1.42. The Balaban J connectivity index is 2.34. The van der Waals surface area contributed by atoms with Gasteiger partial charge in [0.05, 0.1) is 4.51 Å². The topological polar surface area (TPSA) is 54.7 Å². The Morgan fingerprint density at radius 2 is 2.12 bits per heavy atom. The molecule has 16 heavy (non-hydrogen) atoms. The van der Waals surface area contributed by atoms with Crippen LogP contribution in [-0.4, -0.2) is 15.2 Å². The van der Waals surface area contributed by atoms with E-state index in [-0.39, 0.29) is 0 Å². The molecule has 4 nitrogen and oxygen atoms in total. The van der Waals surface area contributed by atoms with E-state index in [9.17, 15) is 0 Å². The Hall–Kier alpha value is -2.01. The zero-order valence-electron chi connectivity index (χ0n) is 8.18. The van der Waals surface area contributed by atoms with E-state index in [4.69, 9.17) is 16.6 Å². The molecule has 0 saturated carbocycles. The van der Waals surface area contributed by atoms with E-state index >= 15 is 0 Å². The smallest absolute Gasteiger partial charge is 0.191 e. The molecule has 0 fully saturated rings. The van der Waals surface area contributed by atoms with Gasteiger partial charge in [-0.1, -0.05) is 24.4 Å². The molecule has 1 aromatic carbocycles. The Bertz CT molecular complexity index is 688. The molecule has 0 aliphatic heterocycles. The van der Waals surface area contributed by atoms with Crippen LogP contribution in [0.2, 0.25) is 0 Å². The lowest BCUT2D eigenvalue weighted by Gasteiger charge is -2.00. The Kier molecular flexibility index (Phi) is 2.04. The van der Waals surface area contributed by atoms with Crippen LogP contribution in [0, 0.1) is 4.51 Å². The molecule has 3 rings (SSSR count). The molecule has 0 radical (unpaired) electrons. The summed E-state index contributed by atoms with van der Waals surface area (Å²) in [6.07, 6.45) is 1.43. The van der Waals surface area contributed by atoms with Crippen LogP contribution < -0.4 is 0 Å². The van der Waals surface area contributed by atoms with Gasteiger partial charge >= 0.3 is 0 Å². The number of benzene rings is 1. The van der Waals surface area contributed by atoms with Crippen LogP contribution in [0.25, 0.3) is 22.6 Å². The summed E-state index contributed by atoms with van der Waals surface area (Å²) in [5.41, 5.74) is 0.751. The second-order valence-corrected chi connectivity index (χ2v) is 3.74. The molecule has 0 aliphatic rings. The van der Waals surface area contributed by atoms with Gasteiger partial charge in [-0.2, -0.15) is 5.10 Å². The van der Waals surface area contributed by atoms with Crippen molar-refractivity contribution in [2.24, 2.45) is 0 Å². The normalized spacial score (nSPS) is 10.8. The Morgan fingerprint density at radius 1 is 1.25 bits per heavy atom. The van der Waals surface area contributed by atoms with Crippen molar-refractivity contribution in [2.45, 2.75) is 0 Å². The molecular formula is C11H7N3OS. The molecule has 0 bridgehead atoms. The second-order valence-electron chi connectivity index (χ2n) is 3.31. The molecule has 1 N–H and O–H groups in total. The first-order valence-corrected chi connectivity index (χ1v) is 5.14. The number of para-hydroxylation sites is 1. The van der Waals surface area contributed by atoms with Gasteiger partial charge in [0, 0.05) is 11.5 Å². The molecule has 0 amide bonds. The lowest BCUT2D eigenvalue weighted by atomic mass is 10.2. The number of nitrogens with zero attached hydrogens (tertiary/aromatic N) is 2. The monoisotopic (exact) mass is 229 g/mol. The first-order valence-electron chi connectivity index (χ1n) is 4.73. The summed E-state index contributed by atoms with van der Waals surface area (Å²) >= 11 is 5.29. The van der Waals surface area contributed by atoms with Crippen molar-refractivity contribution in [3.63, 3.8) is 0 Å². The number of fused-ring (bicyclic) bond motifs is 1. The number of aromatic amines is 1. The highest BCUT2D eigenvalue weighted by molar-refractivity contribution is 7.71. The standard InChI is InChI=1S/C11H7N3OS/c16-10-5-9(11-12-6-13-14-11)15-8-4-2-1-3-7(8)10/h1-6H,(H,12,13,14). The lowest BCUT2D eigenvalue weighted by molar-refractivity contribution is 0.614. The van der Waals surface area contributed by atoms with Gasteiger partial charge in [0.1, 0.15) is 11.9 Å². The third-order valence-corrected chi connectivity index (χ3v) is 2.62. The van der Waals surface area contributed by atoms with E-state index in [0.717, 1.165) is 15.5 Å². The van der Waals surface area contributed by atoms with Gasteiger partial charge in [-0.25, -0.2) is 4.98 Å². The largest absolute Gasteiger partial charge is 0.453 e. The summed E-state index contributed by atoms with van der Waals surface area (Å²) < 4.78 is 6.43. The van der Waals surface area contributed by atoms with Crippen LogP contribution in [0.5, 0.6) is 0 Å². The maximum absolute atomic E-state index is 5.69. The van der Waals surface area contributed by atoms with Gasteiger partial charge in [0.15, 0.2) is 11.6 Å². The first kappa shape index (κ1) is 9.23. The minimum atomic E-state index is 0.580. The first-order chi connectivity index (χ1) is 7.84. The van der Waals surface area contributed by atoms with Gasteiger partial charge in [-0.3, -0.25) is 5.10 Å². The molecule has 0 spiro atoms. The summed E-state index contributed by atoms with van der Waals surface area (Å²) in [6, 6.07) is 9.43. The Morgan fingerprint density at radius 3 is 2.94 bits per heavy atom. The van der Waals surface area contributed by atoms with Crippen molar-refractivity contribution in [1.82, 2.24) is 15.2 Å². The highest BCUT2D eigenvalue weighted by Crippen LogP contribution is 2.22. The fraction of sp³-hybridized carbons (Fsp3) is 0. The van der Waals surface area contributed by atoms with E-state index < -0.39 is 0 Å². The van der Waals surface area contributed by atoms with E-state index in [2.05, 4.69) is 15.2 Å². The van der Waals surface area contributed by atoms with Gasteiger partial charge < -0.3 is 4.42 Å². The van der Waals surface area contributed by atoms with Gasteiger partial charge in [-0.05, 0) is 12.1 Å². The molecule has 0 aliphatic carbocycles. The number of aromatic nitrogens is 3. The molecule has 78 valence electrons. The molecule has 2 aromatic heterocycles. The van der Waals surface area contributed by atoms with Crippen molar-refractivity contribution >= 4 is 23.2 Å². The van der Waals surface area contributed by atoms with Crippen molar-refractivity contribution in [3.8, 4) is 11.6 Å². The molecular weight excluding hydrogens is 222 g/mol. The number of rotatable bonds is 1. The third-order valence-electron chi connectivity index (χ3n) is 2.28. The van der Waals surface area contributed by atoms with Crippen LogP contribution in [0.4, 0.5) is 0 Å². The number of hydrogen-bond acceptors (Lipinski definition) is 4. The highest BCUT2D eigenvalue weighted by atomic mass is 32.1. The van der Waals surface area contributed by atoms with Crippen molar-refractivity contribution in [1.29, 1.82) is 0 Å². The predicted octanol–water partition coefficient (Wildman–Crippen LogP) is 2.95. The van der Waals surface area contributed by atoms with Gasteiger partial charge in [0.25, 0.3) is 0 Å². The number of hydrogen-bond donors (Lipinski definition) is 1. The summed E-state index contributed by atoms with van der Waals surface area (Å²) in [4.78, 5) is 4.03. The van der Waals surface area contributed by atoms with Crippen LogP contribution in [0.3, 0.4) is 0 Å². The van der Waals surface area contributed by atoms with E-state index in [1.54, 1.807) is 6.07 Å². The maximum Gasteiger partial charge on any atom is 0.191 e. The fourth-order valence-electron chi connectivity index (χ4n) is 1.54. The quantitative estimate of drug-likeness (QED) is 0.652.